The fraction of sp³-hybridized carbons (Fsp3) is 0.400. The van der Waals surface area contributed by atoms with Gasteiger partial charge in [-0.15, -0.1) is 0 Å². The van der Waals surface area contributed by atoms with E-state index in [4.69, 9.17) is 14.2 Å². The lowest BCUT2D eigenvalue weighted by Crippen LogP contribution is -2.51. The molecule has 2 atom stereocenters. The summed E-state index contributed by atoms with van der Waals surface area (Å²) in [4.78, 5) is 11.0. The summed E-state index contributed by atoms with van der Waals surface area (Å²) in [6.45, 7) is 8.05. The summed E-state index contributed by atoms with van der Waals surface area (Å²) in [5.74, 6) is 0. The van der Waals surface area contributed by atoms with Gasteiger partial charge in [0.2, 0.25) is 0 Å². The number of carbonyl (C=O) groups is 1. The molecule has 1 fully saturated rings. The molecule has 0 saturated carbocycles. The molecular formula is C15H18O4. The van der Waals surface area contributed by atoms with Crippen LogP contribution in [0.3, 0.4) is 0 Å². The van der Waals surface area contributed by atoms with E-state index in [0.717, 1.165) is 11.1 Å². The number of ether oxygens (including phenoxy) is 3. The van der Waals surface area contributed by atoms with E-state index in [0.29, 0.717) is 6.61 Å². The highest BCUT2D eigenvalue weighted by Crippen LogP contribution is 2.25. The smallest absolute Gasteiger partial charge is 0.431 e. The van der Waals surface area contributed by atoms with Crippen LogP contribution in [-0.2, 0) is 20.8 Å². The highest BCUT2D eigenvalue weighted by atomic mass is 16.8. The maximum Gasteiger partial charge on any atom is 0.508 e. The second kappa shape index (κ2) is 5.45. The first-order valence-corrected chi connectivity index (χ1v) is 6.22. The molecule has 0 aromatic heterocycles. The van der Waals surface area contributed by atoms with Gasteiger partial charge in [-0.05, 0) is 25.0 Å². The third kappa shape index (κ3) is 3.15. The Morgan fingerprint density at radius 2 is 2.16 bits per heavy atom. The molecule has 1 aliphatic rings. The molecule has 0 aliphatic carbocycles. The fourth-order valence-corrected chi connectivity index (χ4v) is 1.78. The number of rotatable bonds is 4. The molecule has 0 amide bonds. The minimum Gasteiger partial charge on any atom is -0.431 e. The second-order valence-electron chi connectivity index (χ2n) is 4.85. The van der Waals surface area contributed by atoms with Gasteiger partial charge in [0.1, 0.15) is 18.3 Å². The van der Waals surface area contributed by atoms with Gasteiger partial charge in [-0.2, -0.15) is 0 Å². The van der Waals surface area contributed by atoms with Crippen molar-refractivity contribution in [2.75, 3.05) is 6.61 Å². The van der Waals surface area contributed by atoms with E-state index in [9.17, 15) is 4.79 Å². The van der Waals surface area contributed by atoms with Gasteiger partial charge in [0.05, 0.1) is 6.61 Å². The summed E-state index contributed by atoms with van der Waals surface area (Å²) < 4.78 is 15.8. The zero-order chi connectivity index (χ0) is 13.9. The number of cyclic esters (lactones) is 2. The average molecular weight is 262 g/mol. The summed E-state index contributed by atoms with van der Waals surface area (Å²) >= 11 is 0. The average Bonchev–Trinajstić information content (AvgIpc) is 2.42. The lowest BCUT2D eigenvalue weighted by molar-refractivity contribution is -0.181. The maximum absolute atomic E-state index is 11.0. The van der Waals surface area contributed by atoms with Crippen LogP contribution >= 0.6 is 0 Å². The van der Waals surface area contributed by atoms with Crippen LogP contribution in [0.5, 0.6) is 0 Å². The van der Waals surface area contributed by atoms with Crippen LogP contribution in [0.4, 0.5) is 4.79 Å². The second-order valence-corrected chi connectivity index (χ2v) is 4.85. The van der Waals surface area contributed by atoms with Gasteiger partial charge < -0.3 is 14.2 Å². The van der Waals surface area contributed by atoms with Crippen molar-refractivity contribution in [1.29, 1.82) is 0 Å². The van der Waals surface area contributed by atoms with Gasteiger partial charge in [0.15, 0.2) is 0 Å². The zero-order valence-corrected chi connectivity index (χ0v) is 11.2. The third-order valence-corrected chi connectivity index (χ3v) is 3.39. The fourth-order valence-electron chi connectivity index (χ4n) is 1.78. The standard InChI is InChI=1S/C15H18O4/c1-4-12-5-7-13(8-6-12)9-18-15(3)10-17-14(16)19-11(15)2/h4-8,11H,1,9-10H2,2-3H3. The predicted octanol–water partition coefficient (Wildman–Crippen LogP) is 3.16. The van der Waals surface area contributed by atoms with Crippen LogP contribution in [-0.4, -0.2) is 24.5 Å². The summed E-state index contributed by atoms with van der Waals surface area (Å²) in [6.07, 6.45) is 0.827. The molecular weight excluding hydrogens is 244 g/mol. The molecule has 1 aromatic carbocycles. The molecule has 1 saturated heterocycles. The summed E-state index contributed by atoms with van der Waals surface area (Å²) in [5.41, 5.74) is 1.50. The summed E-state index contributed by atoms with van der Waals surface area (Å²) in [5, 5.41) is 0. The molecule has 19 heavy (non-hydrogen) atoms. The number of hydrogen-bond donors (Lipinski definition) is 0. The van der Waals surface area contributed by atoms with Gasteiger partial charge in [-0.3, -0.25) is 0 Å². The van der Waals surface area contributed by atoms with Crippen LogP contribution < -0.4 is 0 Å². The van der Waals surface area contributed by atoms with Crippen molar-refractivity contribution in [3.63, 3.8) is 0 Å². The Balaban J connectivity index is 1.96. The molecule has 4 nitrogen and oxygen atoms in total. The molecule has 0 N–H and O–H groups in total. The minimum absolute atomic E-state index is 0.206. The van der Waals surface area contributed by atoms with E-state index >= 15 is 0 Å². The van der Waals surface area contributed by atoms with Crippen LogP contribution in [0.1, 0.15) is 25.0 Å². The highest BCUT2D eigenvalue weighted by Gasteiger charge is 2.41. The number of carbonyl (C=O) groups excluding carboxylic acids is 1. The van der Waals surface area contributed by atoms with Crippen LogP contribution in [0, 0.1) is 0 Å². The molecule has 0 spiro atoms. The molecule has 2 rings (SSSR count). The molecule has 1 heterocycles. The lowest BCUT2D eigenvalue weighted by Gasteiger charge is -2.37. The van der Waals surface area contributed by atoms with Gasteiger partial charge in [0.25, 0.3) is 0 Å². The molecule has 4 heteroatoms. The quantitative estimate of drug-likeness (QED) is 0.782. The first-order chi connectivity index (χ1) is 9.03. The van der Waals surface area contributed by atoms with Crippen molar-refractivity contribution < 1.29 is 19.0 Å². The topological polar surface area (TPSA) is 44.8 Å². The van der Waals surface area contributed by atoms with Gasteiger partial charge in [0, 0.05) is 0 Å². The summed E-state index contributed by atoms with van der Waals surface area (Å²) in [7, 11) is 0. The van der Waals surface area contributed by atoms with E-state index in [1.54, 1.807) is 13.0 Å². The molecule has 0 bridgehead atoms. The minimum atomic E-state index is -0.635. The SMILES string of the molecule is C=Cc1ccc(COC2(C)COC(=O)OC2C)cc1. The number of benzene rings is 1. The highest BCUT2D eigenvalue weighted by molar-refractivity contribution is 5.61. The van der Waals surface area contributed by atoms with Crippen molar-refractivity contribution in [3.8, 4) is 0 Å². The molecule has 1 aliphatic heterocycles. The van der Waals surface area contributed by atoms with Gasteiger partial charge in [-0.1, -0.05) is 36.9 Å². The van der Waals surface area contributed by atoms with Crippen LogP contribution in [0.15, 0.2) is 30.8 Å². The first-order valence-electron chi connectivity index (χ1n) is 6.22. The van der Waals surface area contributed by atoms with Crippen molar-refractivity contribution in [1.82, 2.24) is 0 Å². The van der Waals surface area contributed by atoms with Crippen molar-refractivity contribution in [2.45, 2.75) is 32.2 Å². The van der Waals surface area contributed by atoms with Crippen LogP contribution in [0.25, 0.3) is 6.08 Å². The zero-order valence-electron chi connectivity index (χ0n) is 11.2. The summed E-state index contributed by atoms with van der Waals surface area (Å²) in [6, 6.07) is 7.94. The Morgan fingerprint density at radius 1 is 1.47 bits per heavy atom. The van der Waals surface area contributed by atoms with E-state index in [1.807, 2.05) is 31.2 Å². The predicted molar refractivity (Wildman–Crippen MR) is 71.6 cm³/mol. The Morgan fingerprint density at radius 3 is 2.74 bits per heavy atom. The van der Waals surface area contributed by atoms with Crippen LogP contribution in [0.2, 0.25) is 0 Å². The van der Waals surface area contributed by atoms with E-state index in [2.05, 4.69) is 6.58 Å². The van der Waals surface area contributed by atoms with Gasteiger partial charge in [-0.25, -0.2) is 4.79 Å². The Hall–Kier alpha value is -1.81. The largest absolute Gasteiger partial charge is 0.508 e. The van der Waals surface area contributed by atoms with Crippen molar-refractivity contribution >= 4 is 12.2 Å². The van der Waals surface area contributed by atoms with Crippen molar-refractivity contribution in [2.24, 2.45) is 0 Å². The van der Waals surface area contributed by atoms with E-state index in [1.165, 1.54) is 0 Å². The molecule has 0 radical (unpaired) electrons. The Labute approximate surface area is 113 Å². The first kappa shape index (κ1) is 13.6. The third-order valence-electron chi connectivity index (χ3n) is 3.39. The van der Waals surface area contributed by atoms with E-state index in [-0.39, 0.29) is 12.7 Å². The molecule has 102 valence electrons. The van der Waals surface area contributed by atoms with E-state index < -0.39 is 11.8 Å². The Kier molecular flexibility index (Phi) is 3.90. The van der Waals surface area contributed by atoms with Crippen molar-refractivity contribution in [3.05, 3.63) is 42.0 Å². The van der Waals surface area contributed by atoms with Gasteiger partial charge >= 0.3 is 6.16 Å². The maximum atomic E-state index is 11.0. The molecule has 2 unspecified atom stereocenters. The normalized spacial score (nSPS) is 26.4. The Bertz CT molecular complexity index is 466. The molecule has 1 aromatic rings. The lowest BCUT2D eigenvalue weighted by atomic mass is 10.0. The monoisotopic (exact) mass is 262 g/mol. The number of hydrogen-bond acceptors (Lipinski definition) is 4.